The van der Waals surface area contributed by atoms with Crippen LogP contribution in [0, 0.1) is 5.92 Å². The summed E-state index contributed by atoms with van der Waals surface area (Å²) in [5.74, 6) is -0.999. The fourth-order valence-electron chi connectivity index (χ4n) is 3.02. The Balaban J connectivity index is 0.00000288. The Morgan fingerprint density at radius 1 is 1.25 bits per heavy atom. The number of hydrogen-bond donors (Lipinski definition) is 2. The van der Waals surface area contributed by atoms with Gasteiger partial charge in [-0.3, -0.25) is 4.79 Å². The number of nitrogens with two attached hydrogens (primary N) is 1. The van der Waals surface area contributed by atoms with Crippen LogP contribution in [0.1, 0.15) is 31.2 Å². The van der Waals surface area contributed by atoms with Crippen LogP contribution in [0.5, 0.6) is 0 Å². The molecule has 1 fully saturated rings. The maximum atomic E-state index is 12.5. The summed E-state index contributed by atoms with van der Waals surface area (Å²) < 4.78 is 32.4. The van der Waals surface area contributed by atoms with Crippen molar-refractivity contribution in [1.82, 2.24) is 4.72 Å². The molecule has 1 aromatic carbocycles. The average Bonchev–Trinajstić information content (AvgIpc) is 2.56. The second kappa shape index (κ2) is 9.25. The van der Waals surface area contributed by atoms with Crippen molar-refractivity contribution in [3.63, 3.8) is 0 Å². The quantitative estimate of drug-likeness (QED) is 0.583. The maximum absolute atomic E-state index is 12.5. The number of ether oxygens (including phenoxy) is 1. The highest BCUT2D eigenvalue weighted by Gasteiger charge is 2.39. The highest BCUT2D eigenvalue weighted by Crippen LogP contribution is 2.30. The van der Waals surface area contributed by atoms with Crippen LogP contribution in [0.2, 0.25) is 0 Å². The van der Waals surface area contributed by atoms with Gasteiger partial charge in [0.2, 0.25) is 10.0 Å². The van der Waals surface area contributed by atoms with E-state index in [1.807, 2.05) is 12.1 Å². The van der Waals surface area contributed by atoms with Gasteiger partial charge in [-0.2, -0.15) is 0 Å². The Labute approximate surface area is 149 Å². The van der Waals surface area contributed by atoms with Crippen LogP contribution in [0.4, 0.5) is 5.69 Å². The van der Waals surface area contributed by atoms with E-state index < -0.39 is 27.2 Å². The van der Waals surface area contributed by atoms with Crippen molar-refractivity contribution >= 4 is 34.1 Å². The summed E-state index contributed by atoms with van der Waals surface area (Å²) in [4.78, 5) is 11.8. The molecule has 1 aromatic rings. The Morgan fingerprint density at radius 3 is 2.50 bits per heavy atom. The van der Waals surface area contributed by atoms with Crippen LogP contribution in [0.15, 0.2) is 24.3 Å². The number of methoxy groups -OCH3 is 1. The summed E-state index contributed by atoms with van der Waals surface area (Å²) in [5, 5.41) is -0.699. The van der Waals surface area contributed by atoms with Gasteiger partial charge in [-0.15, -0.1) is 12.4 Å². The molecule has 0 radical (unpaired) electrons. The lowest BCUT2D eigenvalue weighted by Gasteiger charge is -2.29. The van der Waals surface area contributed by atoms with Crippen molar-refractivity contribution in [2.24, 2.45) is 5.92 Å². The molecule has 3 N–H and O–H groups in total. The first-order chi connectivity index (χ1) is 10.9. The lowest BCUT2D eigenvalue weighted by atomic mass is 9.89. The Morgan fingerprint density at radius 2 is 1.88 bits per heavy atom. The van der Waals surface area contributed by atoms with E-state index in [9.17, 15) is 13.2 Å². The Kier molecular flexibility index (Phi) is 7.99. The average molecular weight is 377 g/mol. The molecule has 24 heavy (non-hydrogen) atoms. The number of nitrogens with one attached hydrogen (secondary N) is 1. The molecule has 1 aliphatic rings. The third kappa shape index (κ3) is 5.36. The topological polar surface area (TPSA) is 98.5 Å². The molecule has 8 heteroatoms. The molecular weight excluding hydrogens is 352 g/mol. The number of nitrogen functional groups attached to an aromatic ring is 1. The lowest BCUT2D eigenvalue weighted by molar-refractivity contribution is -0.146. The third-order valence-corrected chi connectivity index (χ3v) is 6.27. The van der Waals surface area contributed by atoms with Gasteiger partial charge in [0.25, 0.3) is 0 Å². The third-order valence-electron chi connectivity index (χ3n) is 4.30. The standard InChI is InChI=1S/C16H24N2O4S.ClH/c1-22-16(19)14-4-2-3-5-15(14)23(20,21)18-11-10-12-6-8-13(17)9-7-12;/h6-9,14-15,18H,2-5,10-11,17H2,1H3;1H. The number of halogens is 1. The zero-order chi connectivity index (χ0) is 16.9. The number of anilines is 1. The molecular formula is C16H25ClN2O4S. The van der Waals surface area contributed by atoms with E-state index in [1.165, 1.54) is 7.11 Å². The minimum atomic E-state index is -3.54. The predicted octanol–water partition coefficient (Wildman–Crippen LogP) is 1.88. The normalized spacial score (nSPS) is 20.9. The van der Waals surface area contributed by atoms with Crippen molar-refractivity contribution < 1.29 is 17.9 Å². The summed E-state index contributed by atoms with van der Waals surface area (Å²) >= 11 is 0. The number of carbonyl (C=O) groups excluding carboxylic acids is 1. The van der Waals surface area contributed by atoms with Crippen LogP contribution in [0.3, 0.4) is 0 Å². The summed E-state index contributed by atoms with van der Waals surface area (Å²) in [6, 6.07) is 7.33. The number of hydrogen-bond acceptors (Lipinski definition) is 5. The van der Waals surface area contributed by atoms with Crippen LogP contribution in [0.25, 0.3) is 0 Å². The van der Waals surface area contributed by atoms with E-state index >= 15 is 0 Å². The largest absolute Gasteiger partial charge is 0.469 e. The van der Waals surface area contributed by atoms with Crippen LogP contribution >= 0.6 is 12.4 Å². The summed E-state index contributed by atoms with van der Waals surface area (Å²) in [6.45, 7) is 0.302. The van der Waals surface area contributed by atoms with Crippen LogP contribution in [-0.2, 0) is 26.0 Å². The molecule has 0 spiro atoms. The van der Waals surface area contributed by atoms with E-state index in [0.29, 0.717) is 31.5 Å². The molecule has 0 aromatic heterocycles. The zero-order valence-electron chi connectivity index (χ0n) is 13.7. The molecule has 136 valence electrons. The van der Waals surface area contributed by atoms with Crippen molar-refractivity contribution in [2.75, 3.05) is 19.4 Å². The number of esters is 1. The molecule has 1 saturated carbocycles. The second-order valence-electron chi connectivity index (χ2n) is 5.88. The van der Waals surface area contributed by atoms with Gasteiger partial charge in [-0.1, -0.05) is 25.0 Å². The highest BCUT2D eigenvalue weighted by atomic mass is 35.5. The van der Waals surface area contributed by atoms with Crippen molar-refractivity contribution in [2.45, 2.75) is 37.4 Å². The summed E-state index contributed by atoms with van der Waals surface area (Å²) in [5.41, 5.74) is 7.31. The maximum Gasteiger partial charge on any atom is 0.310 e. The van der Waals surface area contributed by atoms with Crippen molar-refractivity contribution in [3.05, 3.63) is 29.8 Å². The number of sulfonamides is 1. The van der Waals surface area contributed by atoms with Gasteiger partial charge in [0.15, 0.2) is 0 Å². The van der Waals surface area contributed by atoms with E-state index in [4.69, 9.17) is 10.5 Å². The van der Waals surface area contributed by atoms with Crippen LogP contribution in [-0.4, -0.2) is 33.3 Å². The predicted molar refractivity (Wildman–Crippen MR) is 96.5 cm³/mol. The van der Waals surface area contributed by atoms with Gasteiger partial charge in [0, 0.05) is 12.2 Å². The monoisotopic (exact) mass is 376 g/mol. The lowest BCUT2D eigenvalue weighted by Crippen LogP contribution is -2.44. The van der Waals surface area contributed by atoms with Gasteiger partial charge in [-0.25, -0.2) is 13.1 Å². The minimum absolute atomic E-state index is 0. The number of carbonyl (C=O) groups is 1. The van der Waals surface area contributed by atoms with E-state index in [-0.39, 0.29) is 12.4 Å². The van der Waals surface area contributed by atoms with Gasteiger partial charge < -0.3 is 10.5 Å². The van der Waals surface area contributed by atoms with Gasteiger partial charge in [0.05, 0.1) is 18.3 Å². The molecule has 2 atom stereocenters. The van der Waals surface area contributed by atoms with Gasteiger partial charge >= 0.3 is 5.97 Å². The molecule has 6 nitrogen and oxygen atoms in total. The SMILES string of the molecule is COC(=O)C1CCCCC1S(=O)(=O)NCCc1ccc(N)cc1.Cl. The fourth-order valence-corrected chi connectivity index (χ4v) is 4.78. The van der Waals surface area contributed by atoms with Crippen LogP contribution < -0.4 is 10.5 Å². The number of benzene rings is 1. The number of rotatable bonds is 6. The first-order valence-corrected chi connectivity index (χ1v) is 9.39. The summed E-state index contributed by atoms with van der Waals surface area (Å²) in [7, 11) is -2.24. The first-order valence-electron chi connectivity index (χ1n) is 7.85. The molecule has 1 aliphatic carbocycles. The van der Waals surface area contributed by atoms with E-state index in [2.05, 4.69) is 4.72 Å². The van der Waals surface area contributed by atoms with E-state index in [1.54, 1.807) is 12.1 Å². The second-order valence-corrected chi connectivity index (χ2v) is 7.87. The Bertz CT molecular complexity index is 634. The molecule has 2 unspecified atom stereocenters. The Hall–Kier alpha value is -1.31. The first kappa shape index (κ1) is 20.7. The zero-order valence-corrected chi connectivity index (χ0v) is 15.4. The molecule has 0 heterocycles. The molecule has 2 rings (SSSR count). The minimum Gasteiger partial charge on any atom is -0.469 e. The fraction of sp³-hybridized carbons (Fsp3) is 0.562. The summed E-state index contributed by atoms with van der Waals surface area (Å²) in [6.07, 6.45) is 3.32. The molecule has 0 aliphatic heterocycles. The van der Waals surface area contributed by atoms with Gasteiger partial charge in [0.1, 0.15) is 0 Å². The smallest absolute Gasteiger partial charge is 0.310 e. The molecule has 0 saturated heterocycles. The molecule has 0 bridgehead atoms. The highest BCUT2D eigenvalue weighted by molar-refractivity contribution is 7.90. The molecule has 0 amide bonds. The van der Waals surface area contributed by atoms with Gasteiger partial charge in [-0.05, 0) is 37.0 Å². The van der Waals surface area contributed by atoms with Crippen molar-refractivity contribution in [1.29, 1.82) is 0 Å². The van der Waals surface area contributed by atoms with E-state index in [0.717, 1.165) is 18.4 Å². The van der Waals surface area contributed by atoms with Crippen molar-refractivity contribution in [3.8, 4) is 0 Å².